The molecule has 174 valence electrons. The van der Waals surface area contributed by atoms with Crippen LogP contribution in [0.4, 0.5) is 5.69 Å². The van der Waals surface area contributed by atoms with Gasteiger partial charge in [-0.15, -0.1) is 0 Å². The summed E-state index contributed by atoms with van der Waals surface area (Å²) in [6.45, 7) is 4.34. The van der Waals surface area contributed by atoms with E-state index in [1.807, 2.05) is 24.3 Å². The van der Waals surface area contributed by atoms with Gasteiger partial charge in [0.2, 0.25) is 5.91 Å². The summed E-state index contributed by atoms with van der Waals surface area (Å²) in [6, 6.07) is 15.6. The van der Waals surface area contributed by atoms with E-state index in [9.17, 15) is 18.0 Å². The minimum atomic E-state index is -3.15. The first-order valence-electron chi connectivity index (χ1n) is 11.0. The quantitative estimate of drug-likeness (QED) is 0.666. The van der Waals surface area contributed by atoms with E-state index >= 15 is 0 Å². The van der Waals surface area contributed by atoms with Gasteiger partial charge in [0.15, 0.2) is 9.84 Å². The third-order valence-corrected chi connectivity index (χ3v) is 8.54. The van der Waals surface area contributed by atoms with Crippen LogP contribution in [-0.4, -0.2) is 48.5 Å². The Morgan fingerprint density at radius 2 is 1.70 bits per heavy atom. The second-order valence-corrected chi connectivity index (χ2v) is 12.0. The smallest absolute Gasteiger partial charge is 0.271 e. The van der Waals surface area contributed by atoms with E-state index in [1.165, 1.54) is 10.6 Å². The third kappa shape index (κ3) is 5.83. The maximum Gasteiger partial charge on any atom is 0.271 e. The Bertz CT molecular complexity index is 1170. The fourth-order valence-electron chi connectivity index (χ4n) is 3.85. The van der Waals surface area contributed by atoms with E-state index in [2.05, 4.69) is 48.5 Å². The van der Waals surface area contributed by atoms with Crippen molar-refractivity contribution in [2.24, 2.45) is 5.10 Å². The molecule has 2 amide bonds. The van der Waals surface area contributed by atoms with Crippen molar-refractivity contribution < 1.29 is 18.0 Å². The van der Waals surface area contributed by atoms with Crippen LogP contribution >= 0.6 is 11.8 Å². The summed E-state index contributed by atoms with van der Waals surface area (Å²) in [6.07, 6.45) is 0.737. The zero-order valence-corrected chi connectivity index (χ0v) is 20.3. The summed E-state index contributed by atoms with van der Waals surface area (Å²) in [5.41, 5.74) is 2.18. The number of benzene rings is 2. The molecule has 1 fully saturated rings. The predicted octanol–water partition coefficient (Wildman–Crippen LogP) is 4.07. The second-order valence-electron chi connectivity index (χ2n) is 8.65. The minimum absolute atomic E-state index is 0.0464. The Balaban J connectivity index is 1.39. The summed E-state index contributed by atoms with van der Waals surface area (Å²) in [5, 5.41) is 8.25. The van der Waals surface area contributed by atoms with Gasteiger partial charge in [0.25, 0.3) is 5.91 Å². The lowest BCUT2D eigenvalue weighted by Gasteiger charge is -2.27. The summed E-state index contributed by atoms with van der Waals surface area (Å²) in [7, 11) is -3.15. The normalized spacial score (nSPS) is 20.1. The minimum Gasteiger partial charge on any atom is -0.321 e. The number of hydrazone groups is 1. The van der Waals surface area contributed by atoms with Crippen LogP contribution in [0.2, 0.25) is 0 Å². The monoisotopic (exact) mass is 485 g/mol. The maximum absolute atomic E-state index is 12.7. The van der Waals surface area contributed by atoms with Crippen LogP contribution in [-0.2, 0) is 19.4 Å². The highest BCUT2D eigenvalue weighted by molar-refractivity contribution is 7.99. The number of nitrogens with one attached hydrogen (secondary N) is 1. The largest absolute Gasteiger partial charge is 0.321 e. The summed E-state index contributed by atoms with van der Waals surface area (Å²) in [5.74, 6) is -0.173. The molecule has 2 aromatic rings. The van der Waals surface area contributed by atoms with Crippen LogP contribution in [0.1, 0.15) is 44.6 Å². The van der Waals surface area contributed by atoms with E-state index in [4.69, 9.17) is 0 Å². The number of rotatable bonds is 6. The highest BCUT2D eigenvalue weighted by Gasteiger charge is 2.37. The second kappa shape index (κ2) is 9.69. The van der Waals surface area contributed by atoms with Gasteiger partial charge in [-0.25, -0.2) is 13.4 Å². The van der Waals surface area contributed by atoms with Gasteiger partial charge < -0.3 is 5.32 Å². The highest BCUT2D eigenvalue weighted by atomic mass is 32.2. The molecule has 2 aliphatic rings. The summed E-state index contributed by atoms with van der Waals surface area (Å²) >= 11 is 1.65. The van der Waals surface area contributed by atoms with Gasteiger partial charge in [0, 0.05) is 28.3 Å². The van der Waals surface area contributed by atoms with E-state index in [-0.39, 0.29) is 41.9 Å². The maximum atomic E-state index is 12.7. The molecule has 7 nitrogen and oxygen atoms in total. The molecular formula is C24H27N3O4S2. The molecule has 0 aromatic heterocycles. The molecule has 4 rings (SSSR count). The first-order valence-corrected chi connectivity index (χ1v) is 13.6. The van der Waals surface area contributed by atoms with Gasteiger partial charge in [-0.3, -0.25) is 9.59 Å². The molecule has 0 aliphatic carbocycles. The first kappa shape index (κ1) is 23.5. The Hall–Kier alpha value is -2.65. The number of sulfone groups is 1. The van der Waals surface area contributed by atoms with Gasteiger partial charge in [-0.1, -0.05) is 37.7 Å². The van der Waals surface area contributed by atoms with Crippen molar-refractivity contribution in [1.29, 1.82) is 0 Å². The predicted molar refractivity (Wildman–Crippen MR) is 130 cm³/mol. The van der Waals surface area contributed by atoms with E-state index < -0.39 is 15.9 Å². The molecule has 1 N–H and O–H groups in total. The number of anilines is 1. The van der Waals surface area contributed by atoms with Crippen molar-refractivity contribution in [2.75, 3.05) is 16.8 Å². The van der Waals surface area contributed by atoms with Crippen molar-refractivity contribution in [2.45, 2.75) is 54.9 Å². The highest BCUT2D eigenvalue weighted by Crippen LogP contribution is 2.30. The van der Waals surface area contributed by atoms with Gasteiger partial charge in [-0.2, -0.15) is 5.10 Å². The van der Waals surface area contributed by atoms with Crippen LogP contribution in [0.3, 0.4) is 0 Å². The molecule has 1 atom stereocenters. The standard InChI is InChI=1S/C24H27N3O4S2/c1-16(2)17-3-7-20(8-4-17)32-21-9-5-18(6-10-21)25-24(29)22-11-12-23(28)27(26-22)19-13-14-33(30,31)15-19/h3-10,16,19H,11-15H2,1-2H3,(H,25,29)/t19-/m1/s1. The van der Waals surface area contributed by atoms with Gasteiger partial charge in [0.1, 0.15) is 5.71 Å². The van der Waals surface area contributed by atoms with E-state index in [1.54, 1.807) is 11.8 Å². The van der Waals surface area contributed by atoms with Crippen LogP contribution < -0.4 is 5.32 Å². The summed E-state index contributed by atoms with van der Waals surface area (Å²) < 4.78 is 23.5. The Morgan fingerprint density at radius 3 is 2.27 bits per heavy atom. The molecule has 0 bridgehead atoms. The molecular weight excluding hydrogens is 458 g/mol. The SMILES string of the molecule is CC(C)c1ccc(Sc2ccc(NC(=O)C3=NN([C@@H]4CCS(=O)(=O)C4)C(=O)CC3)cc2)cc1. The molecule has 2 heterocycles. The van der Waals surface area contributed by atoms with Crippen LogP contribution in [0, 0.1) is 0 Å². The molecule has 2 aromatic carbocycles. The number of hydrogen-bond donors (Lipinski definition) is 1. The zero-order valence-electron chi connectivity index (χ0n) is 18.7. The van der Waals surface area contributed by atoms with Gasteiger partial charge in [0.05, 0.1) is 17.5 Å². The number of carbonyl (C=O) groups is 2. The molecule has 0 spiro atoms. The zero-order chi connectivity index (χ0) is 23.6. The summed E-state index contributed by atoms with van der Waals surface area (Å²) in [4.78, 5) is 27.2. The Labute approximate surface area is 198 Å². The van der Waals surface area contributed by atoms with Crippen molar-refractivity contribution in [3.63, 3.8) is 0 Å². The lowest BCUT2D eigenvalue weighted by Crippen LogP contribution is -2.42. The van der Waals surface area contributed by atoms with Gasteiger partial charge >= 0.3 is 0 Å². The van der Waals surface area contributed by atoms with Crippen molar-refractivity contribution in [3.8, 4) is 0 Å². The van der Waals surface area contributed by atoms with Crippen LogP contribution in [0.5, 0.6) is 0 Å². The molecule has 2 aliphatic heterocycles. The molecule has 0 radical (unpaired) electrons. The van der Waals surface area contributed by atoms with Crippen molar-refractivity contribution in [3.05, 3.63) is 54.1 Å². The van der Waals surface area contributed by atoms with Gasteiger partial charge in [-0.05, 0) is 54.3 Å². The number of carbonyl (C=O) groups excluding carboxylic acids is 2. The van der Waals surface area contributed by atoms with Crippen molar-refractivity contribution in [1.82, 2.24) is 5.01 Å². The fraction of sp³-hybridized carbons (Fsp3) is 0.375. The molecule has 33 heavy (non-hydrogen) atoms. The van der Waals surface area contributed by atoms with Crippen LogP contribution in [0.15, 0.2) is 63.4 Å². The molecule has 0 saturated carbocycles. The lowest BCUT2D eigenvalue weighted by molar-refractivity contribution is -0.133. The molecule has 9 heteroatoms. The lowest BCUT2D eigenvalue weighted by atomic mass is 10.0. The molecule has 1 saturated heterocycles. The topological polar surface area (TPSA) is 95.9 Å². The molecule has 0 unspecified atom stereocenters. The van der Waals surface area contributed by atoms with E-state index in [0.29, 0.717) is 18.0 Å². The Kier molecular flexibility index (Phi) is 6.90. The average molecular weight is 486 g/mol. The van der Waals surface area contributed by atoms with Crippen molar-refractivity contribution >= 4 is 44.8 Å². The first-order chi connectivity index (χ1) is 15.7. The van der Waals surface area contributed by atoms with Crippen LogP contribution in [0.25, 0.3) is 0 Å². The fourth-order valence-corrected chi connectivity index (χ4v) is 6.36. The van der Waals surface area contributed by atoms with E-state index in [0.717, 1.165) is 9.79 Å². The Morgan fingerprint density at radius 1 is 1.06 bits per heavy atom. The number of amides is 2. The number of nitrogens with zero attached hydrogens (tertiary/aromatic N) is 2. The average Bonchev–Trinajstić information content (AvgIpc) is 3.15. The third-order valence-electron chi connectivity index (χ3n) is 5.77. The number of hydrogen-bond acceptors (Lipinski definition) is 6.